The molecule has 0 aromatic heterocycles. The predicted octanol–water partition coefficient (Wildman–Crippen LogP) is 6.01. The zero-order valence-corrected chi connectivity index (χ0v) is 17.7. The first-order chi connectivity index (χ1) is 12.3. The van der Waals surface area contributed by atoms with Crippen molar-refractivity contribution < 1.29 is 14.5 Å². The normalized spacial score (nSPS) is 19.0. The van der Waals surface area contributed by atoms with Gasteiger partial charge in [0.25, 0.3) is 0 Å². The topological polar surface area (TPSA) is 61.3 Å². The molecule has 186 valence electrons. The minimum absolute atomic E-state index is 0. The van der Waals surface area contributed by atoms with Crippen LogP contribution in [0.5, 0.6) is 0 Å². The maximum Gasteiger partial charge on any atom is 0.123 e. The van der Waals surface area contributed by atoms with Crippen LogP contribution in [0.3, 0.4) is 0 Å². The molecule has 3 heterocycles. The Bertz CT molecular complexity index is 381. The van der Waals surface area contributed by atoms with Gasteiger partial charge in [-0.15, -0.1) is 0 Å². The van der Waals surface area contributed by atoms with Gasteiger partial charge in [-0.2, -0.15) is 10.1 Å². The van der Waals surface area contributed by atoms with E-state index in [9.17, 15) is 0 Å². The summed E-state index contributed by atoms with van der Waals surface area (Å²) in [5.41, 5.74) is 0. The average molecular weight is 437 g/mol. The lowest BCUT2D eigenvalue weighted by atomic mass is 10.2. The highest BCUT2D eigenvalue weighted by Gasteiger charge is 2.20. The summed E-state index contributed by atoms with van der Waals surface area (Å²) in [7, 11) is 0. The molecule has 0 spiro atoms. The molecule has 1 N–H and O–H groups in total. The van der Waals surface area contributed by atoms with Crippen molar-refractivity contribution in [3.8, 4) is 0 Å². The van der Waals surface area contributed by atoms with E-state index in [4.69, 9.17) is 19.9 Å². The van der Waals surface area contributed by atoms with Crippen molar-refractivity contribution in [2.75, 3.05) is 32.9 Å². The highest BCUT2D eigenvalue weighted by atomic mass is 16.7. The van der Waals surface area contributed by atoms with Gasteiger partial charge in [0.05, 0.1) is 25.9 Å². The van der Waals surface area contributed by atoms with E-state index in [0.29, 0.717) is 30.6 Å². The Morgan fingerprint density at radius 3 is 1.33 bits per heavy atom. The molecule has 3 aliphatic rings. The Morgan fingerprint density at radius 2 is 1.10 bits per heavy atom. The van der Waals surface area contributed by atoms with Crippen LogP contribution in [0.4, 0.5) is 0 Å². The van der Waals surface area contributed by atoms with Crippen LogP contribution >= 0.6 is 0 Å². The summed E-state index contributed by atoms with van der Waals surface area (Å²) < 4.78 is 0. The summed E-state index contributed by atoms with van der Waals surface area (Å²) in [5.74, 6) is 0.602. The number of amidine groups is 1. The molecule has 0 amide bonds. The van der Waals surface area contributed by atoms with Gasteiger partial charge in [-0.05, 0) is 60.8 Å². The molecule has 3 saturated heterocycles. The Labute approximate surface area is 189 Å². The quantitative estimate of drug-likeness (QED) is 0.585. The third-order valence-electron chi connectivity index (χ3n) is 4.27. The average Bonchev–Trinajstić information content (AvgIpc) is 3.28. The molecule has 3 rings (SSSR count). The summed E-state index contributed by atoms with van der Waals surface area (Å²) in [5, 5.41) is 13.1. The molecule has 0 saturated carbocycles. The van der Waals surface area contributed by atoms with Crippen molar-refractivity contribution in [2.45, 2.75) is 115 Å². The second-order valence-electron chi connectivity index (χ2n) is 7.65. The molecule has 0 unspecified atom stereocenters. The summed E-state index contributed by atoms with van der Waals surface area (Å²) >= 11 is 0. The van der Waals surface area contributed by atoms with Gasteiger partial charge >= 0.3 is 0 Å². The Hall–Kier alpha value is -0.730. The maximum atomic E-state index is 7.34. The van der Waals surface area contributed by atoms with Crippen LogP contribution in [-0.4, -0.2) is 72.1 Å². The van der Waals surface area contributed by atoms with Gasteiger partial charge in [0.15, 0.2) is 0 Å². The second kappa shape index (κ2) is 20.2. The van der Waals surface area contributed by atoms with Crippen molar-refractivity contribution >= 4 is 5.84 Å². The molecule has 7 heteroatoms. The third kappa shape index (κ3) is 14.3. The fourth-order valence-corrected chi connectivity index (χ4v) is 2.79. The number of nitrogens with one attached hydrogen (secondary N) is 1. The molecule has 0 aromatic rings. The number of hydroxylamine groups is 6. The Kier molecular flexibility index (Phi) is 24.7. The fourth-order valence-electron chi connectivity index (χ4n) is 2.79. The highest BCUT2D eigenvalue weighted by molar-refractivity contribution is 5.79. The number of rotatable bonds is 3. The van der Waals surface area contributed by atoms with E-state index in [0.717, 1.165) is 32.7 Å². The smallest absolute Gasteiger partial charge is 0.123 e. The van der Waals surface area contributed by atoms with Crippen LogP contribution in [0, 0.1) is 5.41 Å². The molecule has 0 atom stereocenters. The minimum Gasteiger partial charge on any atom is -0.299 e. The molecule has 0 aliphatic carbocycles. The summed E-state index contributed by atoms with van der Waals surface area (Å²) in [6, 6.07) is 1.41. The molecular formula is C23H56N4O3. The van der Waals surface area contributed by atoms with Gasteiger partial charge < -0.3 is 0 Å². The first kappa shape index (κ1) is 36.6. The van der Waals surface area contributed by atoms with Crippen LogP contribution in [0.2, 0.25) is 0 Å². The summed E-state index contributed by atoms with van der Waals surface area (Å²) in [6.45, 7) is 17.4. The number of hydrogen-bond donors (Lipinski definition) is 1. The lowest BCUT2D eigenvalue weighted by Crippen LogP contribution is -2.35. The highest BCUT2D eigenvalue weighted by Crippen LogP contribution is 2.10. The van der Waals surface area contributed by atoms with Crippen molar-refractivity contribution in [2.24, 2.45) is 0 Å². The zero-order chi connectivity index (χ0) is 19.5. The van der Waals surface area contributed by atoms with E-state index in [1.54, 1.807) is 5.06 Å². The maximum absolute atomic E-state index is 7.34. The predicted molar refractivity (Wildman–Crippen MR) is 132 cm³/mol. The SMILES string of the molecule is C.C.C.C.CC(C)N1CCCCO1.CC(C)N1CCCO1.CC(C)N1OCCC1=N. The van der Waals surface area contributed by atoms with E-state index < -0.39 is 0 Å². The van der Waals surface area contributed by atoms with E-state index in [-0.39, 0.29) is 29.7 Å². The summed E-state index contributed by atoms with van der Waals surface area (Å²) in [6.07, 6.45) is 4.47. The van der Waals surface area contributed by atoms with Crippen LogP contribution in [0.1, 0.15) is 96.9 Å². The second-order valence-corrected chi connectivity index (χ2v) is 7.65. The summed E-state index contributed by atoms with van der Waals surface area (Å²) in [4.78, 5) is 15.8. The van der Waals surface area contributed by atoms with Crippen LogP contribution in [0.25, 0.3) is 0 Å². The molecule has 3 aliphatic heterocycles. The molecule has 7 nitrogen and oxygen atoms in total. The Balaban J connectivity index is -0.000000159. The van der Waals surface area contributed by atoms with Gasteiger partial charge in [0, 0.05) is 31.6 Å². The molecule has 3 fully saturated rings. The third-order valence-corrected chi connectivity index (χ3v) is 4.27. The number of hydrogen-bond acceptors (Lipinski definition) is 6. The van der Waals surface area contributed by atoms with Gasteiger partial charge in [-0.1, -0.05) is 29.7 Å². The van der Waals surface area contributed by atoms with Crippen LogP contribution in [-0.2, 0) is 14.5 Å². The fraction of sp³-hybridized carbons (Fsp3) is 0.957. The van der Waals surface area contributed by atoms with Gasteiger partial charge in [-0.25, -0.2) is 5.06 Å². The van der Waals surface area contributed by atoms with Gasteiger partial charge in [-0.3, -0.25) is 19.9 Å². The molecular weight excluding hydrogens is 380 g/mol. The van der Waals surface area contributed by atoms with E-state index in [1.807, 2.05) is 18.9 Å². The van der Waals surface area contributed by atoms with E-state index in [2.05, 4.69) is 32.8 Å². The van der Waals surface area contributed by atoms with Crippen molar-refractivity contribution in [3.63, 3.8) is 0 Å². The zero-order valence-electron chi connectivity index (χ0n) is 17.7. The minimum atomic E-state index is 0. The molecule has 0 bridgehead atoms. The molecule has 0 aromatic carbocycles. The largest absolute Gasteiger partial charge is 0.299 e. The van der Waals surface area contributed by atoms with Crippen molar-refractivity contribution in [1.29, 1.82) is 5.41 Å². The lowest BCUT2D eigenvalue weighted by molar-refractivity contribution is -0.199. The van der Waals surface area contributed by atoms with Gasteiger partial charge in [0.1, 0.15) is 5.84 Å². The van der Waals surface area contributed by atoms with Crippen molar-refractivity contribution in [1.82, 2.24) is 15.2 Å². The number of nitrogens with zero attached hydrogens (tertiary/aromatic N) is 3. The van der Waals surface area contributed by atoms with Crippen molar-refractivity contribution in [3.05, 3.63) is 0 Å². The first-order valence-corrected chi connectivity index (χ1v) is 10.1. The monoisotopic (exact) mass is 436 g/mol. The van der Waals surface area contributed by atoms with Gasteiger partial charge in [0.2, 0.25) is 0 Å². The lowest BCUT2D eigenvalue weighted by Gasteiger charge is -2.29. The molecule has 30 heavy (non-hydrogen) atoms. The van der Waals surface area contributed by atoms with Crippen LogP contribution < -0.4 is 0 Å². The standard InChI is InChI=1S/C7H15NO.C6H12N2O.C6H13NO.4CH4/c1-7(2)8-5-3-4-6-9-8;1-5(2)8-6(7)3-4-9-8;1-6(2)7-4-3-5-8-7;;;;/h7H,3-6H2,1-2H3;5,7H,3-4H2,1-2H3;6H,3-5H2,1-2H3;4*1H4. The Morgan fingerprint density at radius 1 is 0.633 bits per heavy atom. The van der Waals surface area contributed by atoms with E-state index in [1.165, 1.54) is 19.3 Å². The van der Waals surface area contributed by atoms with Crippen LogP contribution in [0.15, 0.2) is 0 Å². The molecule has 0 radical (unpaired) electrons. The van der Waals surface area contributed by atoms with E-state index >= 15 is 0 Å². The first-order valence-electron chi connectivity index (χ1n) is 10.1.